The summed E-state index contributed by atoms with van der Waals surface area (Å²) in [4.78, 5) is 13.6. The van der Waals surface area contributed by atoms with E-state index in [1.807, 2.05) is 49.5 Å². The van der Waals surface area contributed by atoms with Gasteiger partial charge in [0.05, 0.1) is 49.0 Å². The highest BCUT2D eigenvalue weighted by Crippen LogP contribution is 2.33. The zero-order valence-corrected chi connectivity index (χ0v) is 27.4. The van der Waals surface area contributed by atoms with Gasteiger partial charge in [0.1, 0.15) is 0 Å². The summed E-state index contributed by atoms with van der Waals surface area (Å²) in [7, 11) is 0. The molecule has 0 saturated heterocycles. The maximum absolute atomic E-state index is 10.2. The average molecular weight is 607 g/mol. The molecule has 236 valence electrons. The Morgan fingerprint density at radius 1 is 0.756 bits per heavy atom. The lowest BCUT2D eigenvalue weighted by Crippen LogP contribution is -2.32. The summed E-state index contributed by atoms with van der Waals surface area (Å²) >= 11 is 0. The standard InChI is InChI=1S/C37H46N6O2/c1-27-21-30(22-28(2)36(27)43(23-29(3)40-44)25-32-14-10-12-20-39-32)17-18-33(41-45)26-42(24-31-13-9-11-19-38-31)35-16-8-7-15-34(35)37(4,5)6/h7-16,19-22,44-45H,17-18,23-26H2,1-6H3/b40-29+,41-33+. The van der Waals surface area contributed by atoms with Gasteiger partial charge in [-0.05, 0) is 91.6 Å². The topological polar surface area (TPSA) is 97.4 Å². The number of oxime groups is 2. The van der Waals surface area contributed by atoms with Crippen LogP contribution in [0.2, 0.25) is 0 Å². The molecule has 0 aliphatic rings. The van der Waals surface area contributed by atoms with Crippen LogP contribution in [0.25, 0.3) is 0 Å². The van der Waals surface area contributed by atoms with E-state index in [2.05, 4.69) is 101 Å². The van der Waals surface area contributed by atoms with E-state index < -0.39 is 0 Å². The first kappa shape index (κ1) is 33.2. The minimum Gasteiger partial charge on any atom is -0.411 e. The van der Waals surface area contributed by atoms with Crippen LogP contribution in [0.4, 0.5) is 11.4 Å². The van der Waals surface area contributed by atoms with Gasteiger partial charge in [-0.15, -0.1) is 0 Å². The van der Waals surface area contributed by atoms with Crippen molar-refractivity contribution < 1.29 is 10.4 Å². The molecule has 0 amide bonds. The van der Waals surface area contributed by atoms with Gasteiger partial charge in [-0.3, -0.25) is 9.97 Å². The predicted molar refractivity (Wildman–Crippen MR) is 184 cm³/mol. The van der Waals surface area contributed by atoms with E-state index in [1.165, 1.54) is 11.1 Å². The highest BCUT2D eigenvalue weighted by atomic mass is 16.4. The highest BCUT2D eigenvalue weighted by Gasteiger charge is 2.23. The number of anilines is 2. The third-order valence-corrected chi connectivity index (χ3v) is 7.89. The Labute approximate surface area is 267 Å². The van der Waals surface area contributed by atoms with Crippen LogP contribution < -0.4 is 9.80 Å². The Morgan fingerprint density at radius 3 is 1.87 bits per heavy atom. The first-order valence-corrected chi connectivity index (χ1v) is 15.5. The number of aromatic nitrogens is 2. The van der Waals surface area contributed by atoms with E-state index in [4.69, 9.17) is 0 Å². The molecule has 8 nitrogen and oxygen atoms in total. The number of hydrogen-bond acceptors (Lipinski definition) is 8. The van der Waals surface area contributed by atoms with Crippen LogP contribution in [-0.4, -0.2) is 44.9 Å². The quantitative estimate of drug-likeness (QED) is 0.0919. The van der Waals surface area contributed by atoms with Gasteiger partial charge in [-0.25, -0.2) is 0 Å². The number of pyridine rings is 2. The molecule has 2 aromatic heterocycles. The maximum Gasteiger partial charge on any atom is 0.0766 e. The van der Waals surface area contributed by atoms with E-state index in [1.54, 1.807) is 6.20 Å². The Hall–Kier alpha value is -4.72. The van der Waals surface area contributed by atoms with Gasteiger partial charge in [0.2, 0.25) is 0 Å². The van der Waals surface area contributed by atoms with Crippen molar-refractivity contribution in [2.75, 3.05) is 22.9 Å². The summed E-state index contributed by atoms with van der Waals surface area (Å²) in [5.41, 5.74) is 10.1. The lowest BCUT2D eigenvalue weighted by Gasteiger charge is -2.31. The lowest BCUT2D eigenvalue weighted by atomic mass is 9.85. The van der Waals surface area contributed by atoms with Gasteiger partial charge >= 0.3 is 0 Å². The molecule has 2 heterocycles. The van der Waals surface area contributed by atoms with Crippen molar-refractivity contribution in [1.29, 1.82) is 0 Å². The molecule has 0 spiro atoms. The zero-order chi connectivity index (χ0) is 32.4. The second kappa shape index (κ2) is 15.3. The van der Waals surface area contributed by atoms with Gasteiger partial charge in [0.15, 0.2) is 0 Å². The molecule has 0 fully saturated rings. The van der Waals surface area contributed by atoms with Gasteiger partial charge in [0, 0.05) is 23.8 Å². The molecule has 2 N–H and O–H groups in total. The van der Waals surface area contributed by atoms with Crippen molar-refractivity contribution in [3.63, 3.8) is 0 Å². The van der Waals surface area contributed by atoms with Crippen LogP contribution in [0.1, 0.15) is 67.8 Å². The number of para-hydroxylation sites is 1. The summed E-state index contributed by atoms with van der Waals surface area (Å²) in [5, 5.41) is 26.8. The molecule has 0 aliphatic carbocycles. The molecule has 8 heteroatoms. The molecule has 0 aliphatic heterocycles. The first-order valence-electron chi connectivity index (χ1n) is 15.5. The summed E-state index contributed by atoms with van der Waals surface area (Å²) in [6.45, 7) is 14.9. The van der Waals surface area contributed by atoms with Crippen LogP contribution in [0, 0.1) is 13.8 Å². The van der Waals surface area contributed by atoms with E-state index in [0.717, 1.165) is 40.3 Å². The largest absolute Gasteiger partial charge is 0.411 e. The fourth-order valence-corrected chi connectivity index (χ4v) is 5.86. The van der Waals surface area contributed by atoms with Crippen molar-refractivity contribution in [1.82, 2.24) is 9.97 Å². The third kappa shape index (κ3) is 9.14. The first-order chi connectivity index (χ1) is 21.6. The lowest BCUT2D eigenvalue weighted by molar-refractivity contribution is 0.316. The molecule has 0 unspecified atom stereocenters. The monoisotopic (exact) mass is 606 g/mol. The number of nitrogens with zero attached hydrogens (tertiary/aromatic N) is 6. The van der Waals surface area contributed by atoms with E-state index >= 15 is 0 Å². The van der Waals surface area contributed by atoms with Crippen molar-refractivity contribution >= 4 is 22.8 Å². The van der Waals surface area contributed by atoms with Crippen LogP contribution in [0.15, 0.2) is 95.5 Å². The van der Waals surface area contributed by atoms with Crippen LogP contribution >= 0.6 is 0 Å². The molecule has 0 radical (unpaired) electrons. The molecule has 0 bridgehead atoms. The van der Waals surface area contributed by atoms with E-state index in [0.29, 0.717) is 44.0 Å². The summed E-state index contributed by atoms with van der Waals surface area (Å²) < 4.78 is 0. The van der Waals surface area contributed by atoms with E-state index in [9.17, 15) is 10.4 Å². The number of hydrogen-bond donors (Lipinski definition) is 2. The summed E-state index contributed by atoms with van der Waals surface area (Å²) in [6, 6.07) is 24.7. The minimum absolute atomic E-state index is 0.0572. The Morgan fingerprint density at radius 2 is 1.33 bits per heavy atom. The van der Waals surface area contributed by atoms with Crippen LogP contribution in [0.5, 0.6) is 0 Å². The van der Waals surface area contributed by atoms with Crippen LogP contribution in [0.3, 0.4) is 0 Å². The highest BCUT2D eigenvalue weighted by molar-refractivity contribution is 5.89. The SMILES string of the molecule is C/C(CN(Cc1ccccn1)c1c(C)cc(CC/C(CN(Cc2ccccn2)c2ccccc2C(C)(C)C)=N\O)cc1C)=N\O. The Bertz CT molecular complexity index is 1570. The molecule has 0 atom stereocenters. The second-order valence-electron chi connectivity index (χ2n) is 12.7. The minimum atomic E-state index is -0.0572. The second-order valence-corrected chi connectivity index (χ2v) is 12.7. The number of rotatable bonds is 13. The predicted octanol–water partition coefficient (Wildman–Crippen LogP) is 7.72. The van der Waals surface area contributed by atoms with Crippen LogP contribution in [-0.2, 0) is 24.9 Å². The maximum atomic E-state index is 10.2. The molecule has 4 aromatic rings. The Kier molecular flexibility index (Phi) is 11.3. The summed E-state index contributed by atoms with van der Waals surface area (Å²) in [6.07, 6.45) is 4.95. The fraction of sp³-hybridized carbons (Fsp3) is 0.351. The van der Waals surface area contributed by atoms with Gasteiger partial charge in [0.25, 0.3) is 0 Å². The summed E-state index contributed by atoms with van der Waals surface area (Å²) in [5.74, 6) is 0. The molecular formula is C37H46N6O2. The van der Waals surface area contributed by atoms with Crippen molar-refractivity contribution in [3.05, 3.63) is 119 Å². The number of benzene rings is 2. The molecular weight excluding hydrogens is 560 g/mol. The average Bonchev–Trinajstić information content (AvgIpc) is 3.02. The molecule has 2 aromatic carbocycles. The van der Waals surface area contributed by atoms with Crippen molar-refractivity contribution in [3.8, 4) is 0 Å². The normalized spacial score (nSPS) is 12.3. The zero-order valence-electron chi connectivity index (χ0n) is 27.4. The molecule has 0 saturated carbocycles. The third-order valence-electron chi connectivity index (χ3n) is 7.89. The van der Waals surface area contributed by atoms with Gasteiger partial charge in [-0.2, -0.15) is 0 Å². The smallest absolute Gasteiger partial charge is 0.0766 e. The van der Waals surface area contributed by atoms with Crippen molar-refractivity contribution in [2.45, 2.75) is 72.9 Å². The van der Waals surface area contributed by atoms with Gasteiger partial charge in [-0.1, -0.05) is 73.5 Å². The van der Waals surface area contributed by atoms with Gasteiger partial charge < -0.3 is 20.2 Å². The molecule has 4 rings (SSSR count). The van der Waals surface area contributed by atoms with Crippen molar-refractivity contribution in [2.24, 2.45) is 10.3 Å². The Balaban J connectivity index is 1.56. The molecule has 45 heavy (non-hydrogen) atoms. The fourth-order valence-electron chi connectivity index (χ4n) is 5.86. The number of aryl methyl sites for hydroxylation is 3. The van der Waals surface area contributed by atoms with E-state index in [-0.39, 0.29) is 5.41 Å².